The maximum Gasteiger partial charge on any atom is 0.316 e. The van der Waals surface area contributed by atoms with Crippen LogP contribution < -0.4 is 0 Å². The van der Waals surface area contributed by atoms with E-state index < -0.39 is 0 Å². The van der Waals surface area contributed by atoms with Gasteiger partial charge in [0.25, 0.3) is 0 Å². The minimum atomic E-state index is 0. The van der Waals surface area contributed by atoms with E-state index >= 15 is 0 Å². The molecule has 0 bridgehead atoms. The molecule has 0 saturated carbocycles. The van der Waals surface area contributed by atoms with Crippen LogP contribution >= 0.6 is 0 Å². The van der Waals surface area contributed by atoms with E-state index in [1.54, 1.807) is 0 Å². The van der Waals surface area contributed by atoms with Crippen LogP contribution in [0.4, 0.5) is 0 Å². The van der Waals surface area contributed by atoms with Crippen LogP contribution in [0.1, 0.15) is 96.8 Å². The lowest BCUT2D eigenvalue weighted by atomic mass is 10.0. The van der Waals surface area contributed by atoms with Gasteiger partial charge in [-0.2, -0.15) is 0 Å². The fraction of sp³-hybridized carbons (Fsp3) is 0.938. The predicted molar refractivity (Wildman–Crippen MR) is 84.2 cm³/mol. The summed E-state index contributed by atoms with van der Waals surface area (Å²) in [5.74, 6) is 0. The van der Waals surface area contributed by atoms with Crippen molar-refractivity contribution >= 4 is 23.1 Å². The molecule has 0 heterocycles. The highest BCUT2D eigenvalue weighted by Crippen LogP contribution is 2.12. The first-order valence-corrected chi connectivity index (χ1v) is 7.71. The van der Waals surface area contributed by atoms with Gasteiger partial charge in [-0.05, 0) is 0 Å². The Morgan fingerprint density at radius 1 is 0.529 bits per heavy atom. The Balaban J connectivity index is 0. The summed E-state index contributed by atoms with van der Waals surface area (Å²) in [5, 5.41) is 0. The molecule has 0 amide bonds. The summed E-state index contributed by atoms with van der Waals surface area (Å²) in [7, 11) is 0. The van der Waals surface area contributed by atoms with Crippen LogP contribution in [0.15, 0.2) is 0 Å². The summed E-state index contributed by atoms with van der Waals surface area (Å²) in [6.45, 7) is 6.16. The lowest BCUT2D eigenvalue weighted by Crippen LogP contribution is -1.82. The molecule has 101 valence electrons. The first-order chi connectivity index (χ1) is 7.91. The second-order valence-electron chi connectivity index (χ2n) is 5.10. The molecule has 0 aliphatic heterocycles. The summed E-state index contributed by atoms with van der Waals surface area (Å²) < 4.78 is 0. The Hall–Kier alpha value is 0.766. The molecule has 0 unspecified atom stereocenters. The summed E-state index contributed by atoms with van der Waals surface area (Å²) in [4.78, 5) is 0. The molecule has 17 heavy (non-hydrogen) atoms. The highest BCUT2D eigenvalue weighted by atomic mass is 24.3. The SMILES string of the molecule is [CH2]CCCCCCCCCCCCCCC.[MgH2]. The average Bonchev–Trinajstić information content (AvgIpc) is 2.31. The molecule has 0 rings (SSSR count). The van der Waals surface area contributed by atoms with Crippen LogP contribution in [-0.2, 0) is 0 Å². The third-order valence-corrected chi connectivity index (χ3v) is 3.35. The second-order valence-corrected chi connectivity index (χ2v) is 5.10. The van der Waals surface area contributed by atoms with E-state index in [0.29, 0.717) is 0 Å². The fourth-order valence-electron chi connectivity index (χ4n) is 2.19. The van der Waals surface area contributed by atoms with Crippen LogP contribution in [0.2, 0.25) is 0 Å². The van der Waals surface area contributed by atoms with Crippen molar-refractivity contribution in [1.29, 1.82) is 0 Å². The molecular weight excluding hydrogens is 216 g/mol. The van der Waals surface area contributed by atoms with Crippen LogP contribution in [0.25, 0.3) is 0 Å². The fourth-order valence-corrected chi connectivity index (χ4v) is 2.19. The van der Waals surface area contributed by atoms with Gasteiger partial charge < -0.3 is 0 Å². The van der Waals surface area contributed by atoms with Crippen molar-refractivity contribution in [2.45, 2.75) is 96.8 Å². The average molecular weight is 252 g/mol. The molecule has 0 spiro atoms. The molecule has 0 saturated heterocycles. The molecule has 0 aromatic heterocycles. The van der Waals surface area contributed by atoms with Gasteiger partial charge in [0.2, 0.25) is 0 Å². The largest absolute Gasteiger partial charge is 0.316 e. The van der Waals surface area contributed by atoms with Gasteiger partial charge in [-0.3, -0.25) is 0 Å². The molecule has 0 aromatic rings. The minimum Gasteiger partial charge on any atom is -0.0654 e. The third-order valence-electron chi connectivity index (χ3n) is 3.35. The van der Waals surface area contributed by atoms with Crippen LogP contribution in [0.5, 0.6) is 0 Å². The van der Waals surface area contributed by atoms with E-state index in [9.17, 15) is 0 Å². The van der Waals surface area contributed by atoms with Crippen molar-refractivity contribution in [1.82, 2.24) is 0 Å². The Kier molecular flexibility index (Phi) is 22.6. The van der Waals surface area contributed by atoms with Crippen molar-refractivity contribution in [3.8, 4) is 0 Å². The lowest BCUT2D eigenvalue weighted by Gasteiger charge is -2.02. The molecule has 1 radical (unpaired) electrons. The second kappa shape index (κ2) is 19.1. The summed E-state index contributed by atoms with van der Waals surface area (Å²) in [6, 6.07) is 0. The zero-order valence-electron chi connectivity index (χ0n) is 11.6. The molecule has 0 atom stereocenters. The molecular formula is C16H35Mg. The van der Waals surface area contributed by atoms with Crippen molar-refractivity contribution in [2.24, 2.45) is 0 Å². The van der Waals surface area contributed by atoms with E-state index in [2.05, 4.69) is 13.8 Å². The minimum absolute atomic E-state index is 0. The van der Waals surface area contributed by atoms with Crippen molar-refractivity contribution in [3.05, 3.63) is 6.92 Å². The Morgan fingerprint density at radius 2 is 0.824 bits per heavy atom. The Bertz CT molecular complexity index is 98.1. The summed E-state index contributed by atoms with van der Waals surface area (Å²) >= 11 is 0. The number of rotatable bonds is 13. The van der Waals surface area contributed by atoms with E-state index in [1.165, 1.54) is 83.5 Å². The zero-order valence-corrected chi connectivity index (χ0v) is 11.6. The maximum atomic E-state index is 3.87. The van der Waals surface area contributed by atoms with Gasteiger partial charge in [0.15, 0.2) is 0 Å². The number of unbranched alkanes of at least 4 members (excludes halogenated alkanes) is 13. The van der Waals surface area contributed by atoms with Gasteiger partial charge in [-0.15, -0.1) is 0 Å². The predicted octanol–water partition coefficient (Wildman–Crippen LogP) is 5.39. The standard InChI is InChI=1S/C16H33.Mg.2H/c1-3-5-7-9-11-13-15-16-14-12-10-8-6-4-2;;;/h1,3-16H2,2H3;;;. The van der Waals surface area contributed by atoms with Crippen LogP contribution in [0, 0.1) is 6.92 Å². The van der Waals surface area contributed by atoms with Gasteiger partial charge in [-0.25, -0.2) is 0 Å². The molecule has 0 N–H and O–H groups in total. The van der Waals surface area contributed by atoms with Gasteiger partial charge in [-0.1, -0.05) is 104 Å². The van der Waals surface area contributed by atoms with E-state index in [0.717, 1.165) is 6.42 Å². The van der Waals surface area contributed by atoms with Crippen LogP contribution in [-0.4, -0.2) is 23.1 Å². The normalized spacial score (nSPS) is 10.2. The monoisotopic (exact) mass is 251 g/mol. The Morgan fingerprint density at radius 3 is 1.12 bits per heavy atom. The zero-order chi connectivity index (χ0) is 11.9. The Labute approximate surface area is 126 Å². The van der Waals surface area contributed by atoms with Crippen molar-refractivity contribution in [2.75, 3.05) is 0 Å². The first kappa shape index (κ1) is 20.1. The maximum absolute atomic E-state index is 3.87. The van der Waals surface area contributed by atoms with E-state index in [-0.39, 0.29) is 23.1 Å². The van der Waals surface area contributed by atoms with Gasteiger partial charge >= 0.3 is 23.1 Å². The quantitative estimate of drug-likeness (QED) is 0.304. The molecule has 0 nitrogen and oxygen atoms in total. The first-order valence-electron chi connectivity index (χ1n) is 7.71. The van der Waals surface area contributed by atoms with Crippen molar-refractivity contribution in [3.63, 3.8) is 0 Å². The molecule has 0 aliphatic carbocycles. The van der Waals surface area contributed by atoms with Gasteiger partial charge in [0.05, 0.1) is 0 Å². The van der Waals surface area contributed by atoms with E-state index in [4.69, 9.17) is 0 Å². The molecule has 0 aliphatic rings. The third kappa shape index (κ3) is 19.3. The highest BCUT2D eigenvalue weighted by molar-refractivity contribution is 5.75. The highest BCUT2D eigenvalue weighted by Gasteiger charge is 1.92. The number of hydrogen-bond donors (Lipinski definition) is 0. The lowest BCUT2D eigenvalue weighted by molar-refractivity contribution is 0.540. The smallest absolute Gasteiger partial charge is 0.0654 e. The molecule has 0 fully saturated rings. The van der Waals surface area contributed by atoms with Crippen molar-refractivity contribution < 1.29 is 0 Å². The van der Waals surface area contributed by atoms with Gasteiger partial charge in [0.1, 0.15) is 0 Å². The molecule has 1 heteroatoms. The molecule has 0 aromatic carbocycles. The summed E-state index contributed by atoms with van der Waals surface area (Å²) in [6.07, 6.45) is 19.8. The van der Waals surface area contributed by atoms with Crippen LogP contribution in [0.3, 0.4) is 0 Å². The number of hydrogen-bond acceptors (Lipinski definition) is 0. The topological polar surface area (TPSA) is 0 Å². The van der Waals surface area contributed by atoms with E-state index in [1.807, 2.05) is 0 Å². The summed E-state index contributed by atoms with van der Waals surface area (Å²) in [5.41, 5.74) is 0. The van der Waals surface area contributed by atoms with Gasteiger partial charge in [0, 0.05) is 0 Å².